The first-order valence-electron chi connectivity index (χ1n) is 5.78. The molecule has 1 heterocycles. The number of H-pyrrole nitrogens is 1. The van der Waals surface area contributed by atoms with E-state index in [9.17, 15) is 8.42 Å². The summed E-state index contributed by atoms with van der Waals surface area (Å²) in [5, 5.41) is 1.05. The van der Waals surface area contributed by atoms with E-state index in [-0.39, 0.29) is 6.61 Å². The van der Waals surface area contributed by atoms with E-state index in [1.165, 1.54) is 7.05 Å². The molecule has 7 heteroatoms. The highest BCUT2D eigenvalue weighted by Gasteiger charge is 2.09. The van der Waals surface area contributed by atoms with Crippen molar-refractivity contribution in [1.29, 1.82) is 0 Å². The van der Waals surface area contributed by atoms with E-state index in [0.29, 0.717) is 5.88 Å². The van der Waals surface area contributed by atoms with Crippen LogP contribution >= 0.6 is 11.6 Å². The normalized spacial score (nSPS) is 12.1. The molecule has 0 saturated carbocycles. The van der Waals surface area contributed by atoms with Gasteiger partial charge in [0.1, 0.15) is 0 Å². The number of hydrogen-bond donors (Lipinski definition) is 2. The summed E-state index contributed by atoms with van der Waals surface area (Å²) in [6, 6.07) is 5.64. The van der Waals surface area contributed by atoms with Crippen LogP contribution in [0.25, 0.3) is 10.9 Å². The fourth-order valence-electron chi connectivity index (χ4n) is 1.83. The molecule has 19 heavy (non-hydrogen) atoms. The number of rotatable bonds is 6. The van der Waals surface area contributed by atoms with Gasteiger partial charge >= 0.3 is 10.3 Å². The number of fused-ring (bicyclic) bond motifs is 1. The summed E-state index contributed by atoms with van der Waals surface area (Å²) in [6.07, 6.45) is 2.68. The summed E-state index contributed by atoms with van der Waals surface area (Å²) in [4.78, 5) is 3.15. The molecule has 1 aromatic carbocycles. The van der Waals surface area contributed by atoms with Crippen LogP contribution in [0, 0.1) is 0 Å². The van der Waals surface area contributed by atoms with Crippen molar-refractivity contribution in [1.82, 2.24) is 9.71 Å². The fraction of sp³-hybridized carbons (Fsp3) is 0.333. The van der Waals surface area contributed by atoms with E-state index < -0.39 is 10.3 Å². The van der Waals surface area contributed by atoms with Gasteiger partial charge < -0.3 is 4.98 Å². The molecular formula is C12H15ClN2O3S. The molecule has 0 spiro atoms. The van der Waals surface area contributed by atoms with Gasteiger partial charge in [0, 0.05) is 30.0 Å². The third-order valence-electron chi connectivity index (χ3n) is 2.83. The van der Waals surface area contributed by atoms with Gasteiger partial charge in [-0.15, -0.1) is 11.6 Å². The van der Waals surface area contributed by atoms with Gasteiger partial charge in [-0.25, -0.2) is 0 Å². The number of aryl methyl sites for hydroxylation is 1. The lowest BCUT2D eigenvalue weighted by atomic mass is 10.1. The first-order chi connectivity index (χ1) is 9.05. The quantitative estimate of drug-likeness (QED) is 0.801. The van der Waals surface area contributed by atoms with Gasteiger partial charge in [0.2, 0.25) is 0 Å². The highest BCUT2D eigenvalue weighted by Crippen LogP contribution is 2.21. The lowest BCUT2D eigenvalue weighted by Crippen LogP contribution is -2.21. The van der Waals surface area contributed by atoms with E-state index >= 15 is 0 Å². The molecule has 5 nitrogen and oxygen atoms in total. The van der Waals surface area contributed by atoms with Gasteiger partial charge in [-0.1, -0.05) is 6.07 Å². The maximum absolute atomic E-state index is 11.2. The van der Waals surface area contributed by atoms with Crippen LogP contribution in [0.3, 0.4) is 0 Å². The predicted molar refractivity (Wildman–Crippen MR) is 75.5 cm³/mol. The van der Waals surface area contributed by atoms with Gasteiger partial charge in [-0.2, -0.15) is 13.1 Å². The molecule has 0 radical (unpaired) electrons. The molecule has 0 bridgehead atoms. The van der Waals surface area contributed by atoms with Crippen molar-refractivity contribution in [2.45, 2.75) is 13.0 Å². The highest BCUT2D eigenvalue weighted by atomic mass is 35.5. The van der Waals surface area contributed by atoms with Gasteiger partial charge in [0.15, 0.2) is 0 Å². The molecule has 0 aliphatic rings. The average molecular weight is 303 g/mol. The van der Waals surface area contributed by atoms with Crippen LogP contribution in [-0.4, -0.2) is 26.3 Å². The second-order valence-corrected chi connectivity index (χ2v) is 5.98. The van der Waals surface area contributed by atoms with Gasteiger partial charge in [0.05, 0.1) is 6.61 Å². The van der Waals surface area contributed by atoms with Crippen LogP contribution in [0.5, 0.6) is 0 Å². The maximum atomic E-state index is 11.2. The van der Waals surface area contributed by atoms with Crippen molar-refractivity contribution in [2.24, 2.45) is 0 Å². The Labute approximate surface area is 117 Å². The minimum absolute atomic E-state index is 0.00457. The molecule has 0 atom stereocenters. The van der Waals surface area contributed by atoms with Crippen molar-refractivity contribution < 1.29 is 12.6 Å². The van der Waals surface area contributed by atoms with Gasteiger partial charge in [0.25, 0.3) is 0 Å². The average Bonchev–Trinajstić information content (AvgIpc) is 2.80. The van der Waals surface area contributed by atoms with Crippen molar-refractivity contribution in [3.8, 4) is 0 Å². The van der Waals surface area contributed by atoms with Crippen LogP contribution in [-0.2, 0) is 27.5 Å². The second kappa shape index (κ2) is 5.92. The van der Waals surface area contributed by atoms with Gasteiger partial charge in [-0.3, -0.25) is 4.18 Å². The summed E-state index contributed by atoms with van der Waals surface area (Å²) in [5.41, 5.74) is 2.91. The number of aromatic amines is 1. The molecule has 1 aromatic heterocycles. The Kier molecular flexibility index (Phi) is 4.46. The zero-order chi connectivity index (χ0) is 13.9. The summed E-state index contributed by atoms with van der Waals surface area (Å²) in [7, 11) is -2.35. The Morgan fingerprint density at radius 3 is 2.89 bits per heavy atom. The summed E-state index contributed by atoms with van der Waals surface area (Å²) < 4.78 is 29.3. The molecule has 0 fully saturated rings. The van der Waals surface area contributed by atoms with Crippen molar-refractivity contribution in [2.75, 3.05) is 12.9 Å². The highest BCUT2D eigenvalue weighted by molar-refractivity contribution is 7.84. The second-order valence-electron chi connectivity index (χ2n) is 4.05. The Morgan fingerprint density at radius 1 is 1.42 bits per heavy atom. The number of nitrogens with one attached hydrogen (secondary N) is 2. The van der Waals surface area contributed by atoms with E-state index in [1.54, 1.807) is 0 Å². The van der Waals surface area contributed by atoms with Gasteiger partial charge in [-0.05, 0) is 29.7 Å². The molecule has 104 valence electrons. The number of halogens is 1. The Bertz CT molecular complexity index is 667. The Hall–Kier alpha value is -1.08. The molecule has 0 aliphatic carbocycles. The zero-order valence-electron chi connectivity index (χ0n) is 10.4. The standard InChI is InChI=1S/C12H15ClN2O3S/c1-14-19(16,17)18-8-9-2-3-12-11(6-9)10(4-5-13)7-15-12/h2-3,6-7,14-15H,4-5,8H2,1H3. The lowest BCUT2D eigenvalue weighted by molar-refractivity contribution is 0.303. The van der Waals surface area contributed by atoms with Crippen LogP contribution in [0.1, 0.15) is 11.1 Å². The molecule has 2 aromatic rings. The van der Waals surface area contributed by atoms with E-state index in [4.69, 9.17) is 15.8 Å². The smallest absolute Gasteiger partial charge is 0.335 e. The van der Waals surface area contributed by atoms with Crippen LogP contribution in [0.15, 0.2) is 24.4 Å². The van der Waals surface area contributed by atoms with Crippen LogP contribution in [0.4, 0.5) is 0 Å². The largest absolute Gasteiger partial charge is 0.361 e. The van der Waals surface area contributed by atoms with E-state index in [2.05, 4.69) is 9.71 Å². The monoisotopic (exact) mass is 302 g/mol. The molecule has 0 unspecified atom stereocenters. The summed E-state index contributed by atoms with van der Waals surface area (Å²) in [6.45, 7) is 0.00457. The lowest BCUT2D eigenvalue weighted by Gasteiger charge is -2.04. The third kappa shape index (κ3) is 3.48. The molecule has 2 rings (SSSR count). The Balaban J connectivity index is 2.23. The zero-order valence-corrected chi connectivity index (χ0v) is 12.0. The van der Waals surface area contributed by atoms with Crippen molar-refractivity contribution >= 4 is 32.8 Å². The molecule has 0 amide bonds. The van der Waals surface area contributed by atoms with E-state index in [1.807, 2.05) is 24.4 Å². The Morgan fingerprint density at radius 2 is 2.21 bits per heavy atom. The van der Waals surface area contributed by atoms with E-state index in [0.717, 1.165) is 28.5 Å². The predicted octanol–water partition coefficient (Wildman–Crippen LogP) is 1.93. The summed E-state index contributed by atoms with van der Waals surface area (Å²) in [5.74, 6) is 0.543. The number of hydrogen-bond acceptors (Lipinski definition) is 3. The molecule has 2 N–H and O–H groups in total. The molecule has 0 aliphatic heterocycles. The first-order valence-corrected chi connectivity index (χ1v) is 7.73. The van der Waals surface area contributed by atoms with Crippen molar-refractivity contribution in [3.05, 3.63) is 35.5 Å². The number of aromatic nitrogens is 1. The molecule has 0 saturated heterocycles. The first kappa shape index (κ1) is 14.3. The third-order valence-corrected chi connectivity index (χ3v) is 3.94. The SMILES string of the molecule is CNS(=O)(=O)OCc1ccc2[nH]cc(CCCl)c2c1. The topological polar surface area (TPSA) is 71.2 Å². The number of alkyl halides is 1. The maximum Gasteiger partial charge on any atom is 0.335 e. The van der Waals surface area contributed by atoms with Crippen LogP contribution < -0.4 is 4.72 Å². The van der Waals surface area contributed by atoms with Crippen molar-refractivity contribution in [3.63, 3.8) is 0 Å². The summed E-state index contributed by atoms with van der Waals surface area (Å²) >= 11 is 5.75. The minimum atomic E-state index is -3.66. The minimum Gasteiger partial charge on any atom is -0.361 e. The fourth-order valence-corrected chi connectivity index (χ4v) is 2.44. The molecular weight excluding hydrogens is 288 g/mol. The van der Waals surface area contributed by atoms with Crippen LogP contribution in [0.2, 0.25) is 0 Å². The number of benzene rings is 1.